The molecule has 7 heteroatoms. The third-order valence-electron chi connectivity index (χ3n) is 3.73. The van der Waals surface area contributed by atoms with E-state index >= 15 is 0 Å². The van der Waals surface area contributed by atoms with E-state index < -0.39 is 5.97 Å². The average Bonchev–Trinajstić information content (AvgIpc) is 2.97. The Balaban J connectivity index is 2.24. The summed E-state index contributed by atoms with van der Waals surface area (Å²) in [7, 11) is 1.58. The van der Waals surface area contributed by atoms with Gasteiger partial charge >= 0.3 is 5.97 Å². The Morgan fingerprint density at radius 1 is 1.33 bits per heavy atom. The number of nitrogens with zero attached hydrogens (tertiary/aromatic N) is 3. The lowest BCUT2D eigenvalue weighted by Gasteiger charge is -2.09. The summed E-state index contributed by atoms with van der Waals surface area (Å²) >= 11 is 0. The quantitative estimate of drug-likeness (QED) is 0.779. The van der Waals surface area contributed by atoms with Crippen molar-refractivity contribution < 1.29 is 19.0 Å². The first-order valence-electron chi connectivity index (χ1n) is 7.38. The molecule has 124 valence electrons. The highest BCUT2D eigenvalue weighted by molar-refractivity contribution is 6.02. The number of methoxy groups -OCH3 is 1. The van der Waals surface area contributed by atoms with Crippen LogP contribution in [-0.4, -0.2) is 39.4 Å². The standard InChI is InChI=1S/C17H16FN3O3/c1-10-9-13(11-3-5-12(18)6-4-11)15(17(22)23)16-19-14(7-8-24-2)20-21(10)16/h3-6,9H,7-8H2,1-2H3,(H,22,23). The number of rotatable bonds is 5. The van der Waals surface area contributed by atoms with Crippen LogP contribution in [-0.2, 0) is 11.2 Å². The normalized spacial score (nSPS) is 11.1. The van der Waals surface area contributed by atoms with E-state index in [0.29, 0.717) is 30.0 Å². The van der Waals surface area contributed by atoms with Crippen LogP contribution in [0.15, 0.2) is 30.3 Å². The second-order valence-corrected chi connectivity index (χ2v) is 5.39. The van der Waals surface area contributed by atoms with E-state index in [2.05, 4.69) is 10.1 Å². The van der Waals surface area contributed by atoms with E-state index in [1.165, 1.54) is 16.6 Å². The Labute approximate surface area is 137 Å². The van der Waals surface area contributed by atoms with Crippen molar-refractivity contribution in [2.45, 2.75) is 13.3 Å². The molecule has 3 aromatic rings. The van der Waals surface area contributed by atoms with Gasteiger partial charge in [-0.15, -0.1) is 0 Å². The van der Waals surface area contributed by atoms with Gasteiger partial charge in [-0.2, -0.15) is 5.10 Å². The van der Waals surface area contributed by atoms with Crippen LogP contribution in [0.25, 0.3) is 16.8 Å². The largest absolute Gasteiger partial charge is 0.478 e. The minimum atomic E-state index is -1.11. The number of carboxylic acids is 1. The molecule has 0 aliphatic heterocycles. The molecule has 0 unspecified atom stereocenters. The molecule has 0 radical (unpaired) electrons. The Hall–Kier alpha value is -2.80. The molecule has 0 saturated heterocycles. The number of aromatic nitrogens is 3. The summed E-state index contributed by atoms with van der Waals surface area (Å²) in [6.07, 6.45) is 0.489. The monoisotopic (exact) mass is 329 g/mol. The van der Waals surface area contributed by atoms with Crippen LogP contribution in [0.4, 0.5) is 4.39 Å². The van der Waals surface area contributed by atoms with Gasteiger partial charge in [0.2, 0.25) is 0 Å². The molecule has 0 spiro atoms. The number of hydrogen-bond acceptors (Lipinski definition) is 4. The smallest absolute Gasteiger partial charge is 0.340 e. The number of carbonyl (C=O) groups is 1. The van der Waals surface area contributed by atoms with Gasteiger partial charge < -0.3 is 9.84 Å². The third-order valence-corrected chi connectivity index (χ3v) is 3.73. The van der Waals surface area contributed by atoms with Crippen LogP contribution in [0.5, 0.6) is 0 Å². The number of carboxylic acid groups (broad SMARTS) is 1. The molecule has 0 bridgehead atoms. The van der Waals surface area contributed by atoms with E-state index in [1.54, 1.807) is 25.3 Å². The van der Waals surface area contributed by atoms with Gasteiger partial charge in [0, 0.05) is 24.8 Å². The summed E-state index contributed by atoms with van der Waals surface area (Å²) in [5.41, 5.74) is 2.15. The lowest BCUT2D eigenvalue weighted by atomic mass is 10.00. The zero-order valence-electron chi connectivity index (χ0n) is 13.3. The van der Waals surface area contributed by atoms with Crippen LogP contribution in [0.2, 0.25) is 0 Å². The van der Waals surface area contributed by atoms with Crippen LogP contribution >= 0.6 is 0 Å². The molecule has 24 heavy (non-hydrogen) atoms. The maximum atomic E-state index is 13.2. The second kappa shape index (κ2) is 6.37. The molecular weight excluding hydrogens is 313 g/mol. The summed E-state index contributed by atoms with van der Waals surface area (Å²) < 4.78 is 19.7. The van der Waals surface area contributed by atoms with Crippen molar-refractivity contribution in [3.05, 3.63) is 53.2 Å². The highest BCUT2D eigenvalue weighted by Gasteiger charge is 2.21. The van der Waals surface area contributed by atoms with Crippen molar-refractivity contribution in [2.75, 3.05) is 13.7 Å². The number of pyridine rings is 1. The molecule has 0 aliphatic rings. The van der Waals surface area contributed by atoms with Gasteiger partial charge in [-0.25, -0.2) is 18.7 Å². The molecule has 2 heterocycles. The summed E-state index contributed by atoms with van der Waals surface area (Å²) in [6.45, 7) is 2.27. The summed E-state index contributed by atoms with van der Waals surface area (Å²) in [5, 5.41) is 14.0. The molecule has 0 saturated carbocycles. The predicted octanol–water partition coefficient (Wildman–Crippen LogP) is 2.73. The minimum Gasteiger partial charge on any atom is -0.478 e. The van der Waals surface area contributed by atoms with Gasteiger partial charge in [0.1, 0.15) is 11.4 Å². The highest BCUT2D eigenvalue weighted by Crippen LogP contribution is 2.28. The Bertz CT molecular complexity index is 904. The summed E-state index contributed by atoms with van der Waals surface area (Å²) in [4.78, 5) is 16.2. The minimum absolute atomic E-state index is 0.0448. The summed E-state index contributed by atoms with van der Waals surface area (Å²) in [5.74, 6) is -0.971. The van der Waals surface area contributed by atoms with Crippen molar-refractivity contribution in [3.8, 4) is 11.1 Å². The number of benzene rings is 1. The Morgan fingerprint density at radius 3 is 2.67 bits per heavy atom. The first-order chi connectivity index (χ1) is 11.5. The molecule has 1 N–H and O–H groups in total. The second-order valence-electron chi connectivity index (χ2n) is 5.39. The number of halogens is 1. The first-order valence-corrected chi connectivity index (χ1v) is 7.38. The Morgan fingerprint density at radius 2 is 2.04 bits per heavy atom. The van der Waals surface area contributed by atoms with Crippen molar-refractivity contribution in [3.63, 3.8) is 0 Å². The molecular formula is C17H16FN3O3. The fraction of sp³-hybridized carbons (Fsp3) is 0.235. The SMILES string of the molecule is COCCc1nc2c(C(=O)O)c(-c3ccc(F)cc3)cc(C)n2n1. The zero-order chi connectivity index (χ0) is 17.3. The van der Waals surface area contributed by atoms with E-state index in [4.69, 9.17) is 4.74 Å². The maximum Gasteiger partial charge on any atom is 0.340 e. The van der Waals surface area contributed by atoms with Crippen molar-refractivity contribution in [1.82, 2.24) is 14.6 Å². The van der Waals surface area contributed by atoms with Gasteiger partial charge in [-0.3, -0.25) is 0 Å². The molecule has 0 amide bonds. The van der Waals surface area contributed by atoms with Crippen LogP contribution in [0.3, 0.4) is 0 Å². The van der Waals surface area contributed by atoms with Gasteiger partial charge in [-0.1, -0.05) is 12.1 Å². The number of ether oxygens (including phenoxy) is 1. The fourth-order valence-electron chi connectivity index (χ4n) is 2.59. The van der Waals surface area contributed by atoms with Gasteiger partial charge in [0.05, 0.1) is 6.61 Å². The van der Waals surface area contributed by atoms with E-state index in [1.807, 2.05) is 6.92 Å². The molecule has 0 aliphatic carbocycles. The summed E-state index contributed by atoms with van der Waals surface area (Å²) in [6, 6.07) is 7.42. The lowest BCUT2D eigenvalue weighted by molar-refractivity contribution is 0.0699. The molecule has 1 aromatic carbocycles. The van der Waals surface area contributed by atoms with Crippen molar-refractivity contribution >= 4 is 11.6 Å². The number of aromatic carboxylic acids is 1. The first kappa shape index (κ1) is 16.1. The van der Waals surface area contributed by atoms with Crippen molar-refractivity contribution in [1.29, 1.82) is 0 Å². The predicted molar refractivity (Wildman–Crippen MR) is 85.7 cm³/mol. The lowest BCUT2D eigenvalue weighted by Crippen LogP contribution is -2.06. The van der Waals surface area contributed by atoms with Gasteiger partial charge in [-0.05, 0) is 30.7 Å². The van der Waals surface area contributed by atoms with Crippen LogP contribution < -0.4 is 0 Å². The Kier molecular flexibility index (Phi) is 4.26. The third kappa shape index (κ3) is 2.85. The fourth-order valence-corrected chi connectivity index (χ4v) is 2.59. The van der Waals surface area contributed by atoms with Crippen molar-refractivity contribution in [2.24, 2.45) is 0 Å². The van der Waals surface area contributed by atoms with E-state index in [-0.39, 0.29) is 17.0 Å². The molecule has 2 aromatic heterocycles. The van der Waals surface area contributed by atoms with Gasteiger partial charge in [0.15, 0.2) is 11.5 Å². The molecule has 6 nitrogen and oxygen atoms in total. The number of fused-ring (bicyclic) bond motifs is 1. The molecule has 0 fully saturated rings. The molecule has 3 rings (SSSR count). The van der Waals surface area contributed by atoms with Crippen LogP contribution in [0.1, 0.15) is 21.9 Å². The highest BCUT2D eigenvalue weighted by atomic mass is 19.1. The average molecular weight is 329 g/mol. The maximum absolute atomic E-state index is 13.2. The topological polar surface area (TPSA) is 76.7 Å². The number of hydrogen-bond donors (Lipinski definition) is 1. The number of aryl methyl sites for hydroxylation is 1. The van der Waals surface area contributed by atoms with E-state index in [0.717, 1.165) is 5.69 Å². The zero-order valence-corrected chi connectivity index (χ0v) is 13.3. The molecule has 0 atom stereocenters. The van der Waals surface area contributed by atoms with Crippen LogP contribution in [0, 0.1) is 12.7 Å². The van der Waals surface area contributed by atoms with Gasteiger partial charge in [0.25, 0.3) is 0 Å². The van der Waals surface area contributed by atoms with E-state index in [9.17, 15) is 14.3 Å².